The summed E-state index contributed by atoms with van der Waals surface area (Å²) in [6.45, 7) is 4.45. The molecule has 176 valence electrons. The van der Waals surface area contributed by atoms with E-state index in [0.717, 1.165) is 18.0 Å². The molecule has 2 amide bonds. The number of anilines is 1. The van der Waals surface area contributed by atoms with Crippen LogP contribution >= 0.6 is 23.2 Å². The lowest BCUT2D eigenvalue weighted by atomic mass is 9.89. The molecular weight excluding hydrogens is 468 g/mol. The van der Waals surface area contributed by atoms with E-state index in [0.29, 0.717) is 61.6 Å². The number of amides is 2. The molecule has 2 aliphatic heterocycles. The van der Waals surface area contributed by atoms with Crippen molar-refractivity contribution in [2.75, 3.05) is 38.0 Å². The van der Waals surface area contributed by atoms with Gasteiger partial charge in [0.25, 0.3) is 0 Å². The first-order valence-corrected chi connectivity index (χ1v) is 11.8. The summed E-state index contributed by atoms with van der Waals surface area (Å²) in [7, 11) is 0. The third kappa shape index (κ3) is 5.55. The molecule has 1 aromatic heterocycles. The van der Waals surface area contributed by atoms with Crippen molar-refractivity contribution in [3.05, 3.63) is 52.0 Å². The Morgan fingerprint density at radius 1 is 1.09 bits per heavy atom. The van der Waals surface area contributed by atoms with Crippen LogP contribution in [0, 0.1) is 17.7 Å². The molecular formula is C23H26Cl2FN5O2. The van der Waals surface area contributed by atoms with Crippen molar-refractivity contribution in [1.82, 2.24) is 19.8 Å². The van der Waals surface area contributed by atoms with Gasteiger partial charge in [-0.15, -0.1) is 0 Å². The van der Waals surface area contributed by atoms with Crippen LogP contribution in [-0.4, -0.2) is 64.3 Å². The summed E-state index contributed by atoms with van der Waals surface area (Å²) in [5.41, 5.74) is 1.01. The van der Waals surface area contributed by atoms with Crippen LogP contribution < -0.4 is 5.32 Å². The number of hydrogen-bond donors (Lipinski definition) is 1. The van der Waals surface area contributed by atoms with E-state index >= 15 is 0 Å². The van der Waals surface area contributed by atoms with Gasteiger partial charge < -0.3 is 15.1 Å². The number of hydrogen-bond acceptors (Lipinski definition) is 5. The number of aromatic nitrogens is 2. The summed E-state index contributed by atoms with van der Waals surface area (Å²) in [4.78, 5) is 36.6. The van der Waals surface area contributed by atoms with Gasteiger partial charge in [-0.3, -0.25) is 9.59 Å². The third-order valence-electron chi connectivity index (χ3n) is 6.56. The van der Waals surface area contributed by atoms with E-state index in [-0.39, 0.29) is 29.6 Å². The Morgan fingerprint density at radius 3 is 2.42 bits per heavy atom. The fourth-order valence-corrected chi connectivity index (χ4v) is 5.01. The van der Waals surface area contributed by atoms with Crippen molar-refractivity contribution < 1.29 is 14.0 Å². The van der Waals surface area contributed by atoms with E-state index in [1.54, 1.807) is 17.9 Å². The van der Waals surface area contributed by atoms with Gasteiger partial charge in [-0.1, -0.05) is 29.3 Å². The molecule has 2 aromatic rings. The van der Waals surface area contributed by atoms with Gasteiger partial charge in [0.2, 0.25) is 17.8 Å². The van der Waals surface area contributed by atoms with Gasteiger partial charge in [0, 0.05) is 57.4 Å². The minimum absolute atomic E-state index is 0.0500. The maximum Gasteiger partial charge on any atom is 0.225 e. The number of rotatable bonds is 5. The minimum atomic E-state index is -0.498. The van der Waals surface area contributed by atoms with Crippen LogP contribution in [0.5, 0.6) is 0 Å². The van der Waals surface area contributed by atoms with Crippen molar-refractivity contribution >= 4 is 41.0 Å². The van der Waals surface area contributed by atoms with E-state index in [2.05, 4.69) is 15.3 Å². The standard InChI is InChI=1S/C23H26Cl2FN5O2/c1-14(32)30-6-4-15(5-7-30)22(33)31-12-17(9-27-23-28-10-18(26)11-29-23)19(13-31)16-2-3-20(24)21(25)8-16/h2-3,8,10-11,15,17,19H,4-7,9,12-13H2,1H3,(H,27,28,29). The Labute approximate surface area is 202 Å². The number of nitrogens with one attached hydrogen (secondary N) is 1. The van der Waals surface area contributed by atoms with Crippen LogP contribution in [0.4, 0.5) is 10.3 Å². The van der Waals surface area contributed by atoms with E-state index in [1.807, 2.05) is 17.0 Å². The number of carbonyl (C=O) groups is 2. The maximum atomic E-state index is 13.3. The van der Waals surface area contributed by atoms with Gasteiger partial charge in [0.15, 0.2) is 5.82 Å². The highest BCUT2D eigenvalue weighted by atomic mass is 35.5. The van der Waals surface area contributed by atoms with Crippen LogP contribution in [0.2, 0.25) is 10.0 Å². The molecule has 0 radical (unpaired) electrons. The van der Waals surface area contributed by atoms with E-state index in [9.17, 15) is 14.0 Å². The minimum Gasteiger partial charge on any atom is -0.354 e. The van der Waals surface area contributed by atoms with E-state index in [1.165, 1.54) is 0 Å². The molecule has 2 aliphatic rings. The molecule has 1 aromatic carbocycles. The Kier molecular flexibility index (Phi) is 7.34. The predicted octanol–water partition coefficient (Wildman–Crippen LogP) is 3.84. The van der Waals surface area contributed by atoms with Crippen LogP contribution in [-0.2, 0) is 9.59 Å². The Hall–Kier alpha value is -2.45. The topological polar surface area (TPSA) is 78.4 Å². The first-order chi connectivity index (χ1) is 15.8. The van der Waals surface area contributed by atoms with Gasteiger partial charge >= 0.3 is 0 Å². The number of nitrogens with zero attached hydrogens (tertiary/aromatic N) is 4. The van der Waals surface area contributed by atoms with Crippen LogP contribution in [0.15, 0.2) is 30.6 Å². The van der Waals surface area contributed by atoms with Crippen molar-refractivity contribution in [3.8, 4) is 0 Å². The second-order valence-corrected chi connectivity index (χ2v) is 9.48. The third-order valence-corrected chi connectivity index (χ3v) is 7.30. The Balaban J connectivity index is 1.48. The molecule has 0 saturated carbocycles. The molecule has 2 fully saturated rings. The molecule has 3 heterocycles. The maximum absolute atomic E-state index is 13.3. The molecule has 0 spiro atoms. The average Bonchev–Trinajstić information content (AvgIpc) is 3.24. The highest BCUT2D eigenvalue weighted by Crippen LogP contribution is 2.37. The number of halogens is 3. The number of likely N-dealkylation sites (tertiary alicyclic amines) is 2. The predicted molar refractivity (Wildman–Crippen MR) is 125 cm³/mol. The second-order valence-electron chi connectivity index (χ2n) is 8.67. The summed E-state index contributed by atoms with van der Waals surface area (Å²) in [6.07, 6.45) is 3.59. The van der Waals surface area contributed by atoms with Crippen LogP contribution in [0.3, 0.4) is 0 Å². The molecule has 2 saturated heterocycles. The first-order valence-electron chi connectivity index (χ1n) is 11.0. The van der Waals surface area contributed by atoms with Crippen molar-refractivity contribution in [3.63, 3.8) is 0 Å². The van der Waals surface area contributed by atoms with Crippen molar-refractivity contribution in [2.24, 2.45) is 11.8 Å². The summed E-state index contributed by atoms with van der Waals surface area (Å²) >= 11 is 12.4. The zero-order chi connectivity index (χ0) is 23.5. The summed E-state index contributed by atoms with van der Waals surface area (Å²) < 4.78 is 13.1. The van der Waals surface area contributed by atoms with Gasteiger partial charge in [0.05, 0.1) is 22.4 Å². The lowest BCUT2D eigenvalue weighted by Crippen LogP contribution is -2.43. The highest BCUT2D eigenvalue weighted by molar-refractivity contribution is 6.42. The fraction of sp³-hybridized carbons (Fsp3) is 0.478. The molecule has 10 heteroatoms. The number of carbonyl (C=O) groups excluding carboxylic acids is 2. The molecule has 2 unspecified atom stereocenters. The normalized spacial score (nSPS) is 21.3. The van der Waals surface area contributed by atoms with E-state index in [4.69, 9.17) is 23.2 Å². The SMILES string of the molecule is CC(=O)N1CCC(C(=O)N2CC(CNc3ncc(F)cn3)C(c3ccc(Cl)c(Cl)c3)C2)CC1. The highest BCUT2D eigenvalue weighted by Gasteiger charge is 2.39. The van der Waals surface area contributed by atoms with Gasteiger partial charge in [-0.25, -0.2) is 14.4 Å². The Morgan fingerprint density at radius 2 is 1.79 bits per heavy atom. The van der Waals surface area contributed by atoms with Crippen molar-refractivity contribution in [1.29, 1.82) is 0 Å². The molecule has 2 atom stereocenters. The quantitative estimate of drug-likeness (QED) is 0.684. The average molecular weight is 494 g/mol. The molecule has 0 aliphatic carbocycles. The lowest BCUT2D eigenvalue weighted by molar-refractivity contribution is -0.139. The first kappa shape index (κ1) is 23.7. The Bertz CT molecular complexity index is 1010. The fourth-order valence-electron chi connectivity index (χ4n) is 4.70. The van der Waals surface area contributed by atoms with E-state index < -0.39 is 5.82 Å². The zero-order valence-corrected chi connectivity index (χ0v) is 19.8. The summed E-state index contributed by atoms with van der Waals surface area (Å²) in [6, 6.07) is 5.57. The number of benzene rings is 1. The van der Waals surface area contributed by atoms with Gasteiger partial charge in [0.1, 0.15) is 0 Å². The monoisotopic (exact) mass is 493 g/mol. The summed E-state index contributed by atoms with van der Waals surface area (Å²) in [5.74, 6) is 0.0707. The second kappa shape index (κ2) is 10.2. The molecule has 33 heavy (non-hydrogen) atoms. The van der Waals surface area contributed by atoms with Gasteiger partial charge in [-0.2, -0.15) is 0 Å². The largest absolute Gasteiger partial charge is 0.354 e. The lowest BCUT2D eigenvalue weighted by Gasteiger charge is -2.32. The molecule has 4 rings (SSSR count). The summed E-state index contributed by atoms with van der Waals surface area (Å²) in [5, 5.41) is 4.13. The van der Waals surface area contributed by atoms with Gasteiger partial charge in [-0.05, 0) is 30.5 Å². The molecule has 0 bridgehead atoms. The van der Waals surface area contributed by atoms with Crippen LogP contribution in [0.25, 0.3) is 0 Å². The number of piperidine rings is 1. The molecule has 1 N–H and O–H groups in total. The van der Waals surface area contributed by atoms with Crippen LogP contribution in [0.1, 0.15) is 31.2 Å². The smallest absolute Gasteiger partial charge is 0.225 e. The zero-order valence-electron chi connectivity index (χ0n) is 18.3. The molecule has 7 nitrogen and oxygen atoms in total. The van der Waals surface area contributed by atoms with Crippen molar-refractivity contribution in [2.45, 2.75) is 25.7 Å².